The molecule has 0 heterocycles. The number of hydrogen-bond donors (Lipinski definition) is 0. The molecule has 0 aromatic carbocycles. The summed E-state index contributed by atoms with van der Waals surface area (Å²) < 4.78 is 1.54. The van der Waals surface area contributed by atoms with Gasteiger partial charge in [0.25, 0.3) is 0 Å². The van der Waals surface area contributed by atoms with Crippen LogP contribution in [0.25, 0.3) is 17.2 Å². The third-order valence-corrected chi connectivity index (χ3v) is 6.84. The summed E-state index contributed by atoms with van der Waals surface area (Å²) in [7, 11) is 0. The Kier molecular flexibility index (Phi) is 28.2. The minimum atomic E-state index is -1.46. The van der Waals surface area contributed by atoms with E-state index in [1.54, 1.807) is 0 Å². The van der Waals surface area contributed by atoms with Crippen LogP contribution in [0.5, 0.6) is 0 Å². The first-order valence-electron chi connectivity index (χ1n) is 9.13. The summed E-state index contributed by atoms with van der Waals surface area (Å²) in [6.45, 7) is 13.9. The minimum Gasteiger partial charge on any atom is 4.00 e. The van der Waals surface area contributed by atoms with Gasteiger partial charge in [-0.2, -0.15) is 0 Å². The fourth-order valence-electron chi connectivity index (χ4n) is 0.920. The van der Waals surface area contributed by atoms with Crippen LogP contribution in [0.2, 0.25) is 17.3 Å². The predicted octanol–water partition coefficient (Wildman–Crippen LogP) is 7.63. The number of nitrogens with one attached hydrogen (secondary N) is 3. The molecule has 146 valence electrons. The second-order valence-electron chi connectivity index (χ2n) is 8.24. The van der Waals surface area contributed by atoms with Crippen LogP contribution in [0.1, 0.15) is 48.0 Å². The smallest absolute Gasteiger partial charge is 4.00 e. The van der Waals surface area contributed by atoms with E-state index >= 15 is 0 Å². The van der Waals surface area contributed by atoms with Crippen molar-refractivity contribution in [1.82, 2.24) is 0 Å². The summed E-state index contributed by atoms with van der Waals surface area (Å²) in [5.41, 5.74) is 20.0. The van der Waals surface area contributed by atoms with E-state index in [0.29, 0.717) is 37.4 Å². The molecule has 0 unspecified atom stereocenters. The van der Waals surface area contributed by atoms with E-state index in [2.05, 4.69) is 35.5 Å². The first kappa shape index (κ1) is 33.4. The average molecular weight is 489 g/mol. The van der Waals surface area contributed by atoms with Gasteiger partial charge in [-0.15, -0.1) is 19.6 Å². The van der Waals surface area contributed by atoms with Crippen LogP contribution in [0.15, 0.2) is 16.6 Å². The van der Waals surface area contributed by atoms with Gasteiger partial charge in [0, 0.05) is 0 Å². The Morgan fingerprint density at radius 2 is 1.12 bits per heavy atom. The monoisotopic (exact) mass is 489 g/mol. The molecule has 25 heavy (non-hydrogen) atoms. The van der Waals surface area contributed by atoms with Crippen LogP contribution >= 0.6 is 0 Å². The molecule has 0 radical (unpaired) electrons. The molecule has 1 aliphatic rings. The van der Waals surface area contributed by atoms with Crippen molar-refractivity contribution in [2.75, 3.05) is 19.6 Å². The van der Waals surface area contributed by atoms with Crippen molar-refractivity contribution < 1.29 is 26.2 Å². The Morgan fingerprint density at radius 3 is 1.20 bits per heavy atom. The number of hydrogen-bond acceptors (Lipinski definition) is 0. The SMILES string of the molecule is CC(C)C[NH-].CC(C)C[NH-].CC(C)C[NH-].[CH3][Ge]([CH3])([CH3])[C]1=[C-]CC=C1.[Zr+4]. The van der Waals surface area contributed by atoms with Gasteiger partial charge in [0.05, 0.1) is 0 Å². The molecule has 0 spiro atoms. The standard InChI is InChI=1S/C8H13Ge.3C4H10N.Zr/c1-9(2,3)8-6-4-5-7-8;3*1-4(2)3-5;/h4,6H,5H2,1-3H3;3*4-5H,3H2,1-2H3;/q4*-1;+4. The summed E-state index contributed by atoms with van der Waals surface area (Å²) in [5.74, 6) is 8.86. The second kappa shape index (κ2) is 21.1. The van der Waals surface area contributed by atoms with E-state index in [1.807, 2.05) is 41.5 Å². The van der Waals surface area contributed by atoms with Gasteiger partial charge in [0.15, 0.2) is 0 Å². The van der Waals surface area contributed by atoms with Gasteiger partial charge in [-0.25, -0.2) is 0 Å². The summed E-state index contributed by atoms with van der Waals surface area (Å²) in [4.78, 5) is 0. The van der Waals surface area contributed by atoms with E-state index in [-0.39, 0.29) is 26.2 Å². The quantitative estimate of drug-likeness (QED) is 0.288. The molecule has 0 aromatic rings. The normalized spacial score (nSPS) is 12.4. The second-order valence-corrected chi connectivity index (χ2v) is 18.8. The zero-order valence-corrected chi connectivity index (χ0v) is 22.8. The van der Waals surface area contributed by atoms with Crippen LogP contribution in [0.3, 0.4) is 0 Å². The molecule has 0 amide bonds. The van der Waals surface area contributed by atoms with E-state index < -0.39 is 13.3 Å². The maximum Gasteiger partial charge on any atom is 4.00 e. The van der Waals surface area contributed by atoms with E-state index in [0.717, 1.165) is 6.42 Å². The van der Waals surface area contributed by atoms with Gasteiger partial charge in [-0.3, -0.25) is 0 Å². The molecule has 0 saturated heterocycles. The van der Waals surface area contributed by atoms with Crippen LogP contribution in [0.4, 0.5) is 0 Å². The van der Waals surface area contributed by atoms with Crippen LogP contribution in [0, 0.1) is 23.8 Å². The molecular weight excluding hydrogens is 446 g/mol. The Bertz CT molecular complexity index is 300. The summed E-state index contributed by atoms with van der Waals surface area (Å²) >= 11 is -1.46. The molecule has 3 nitrogen and oxygen atoms in total. The molecule has 0 atom stereocenters. The molecule has 5 heteroatoms. The minimum absolute atomic E-state index is 0. The molecule has 0 fully saturated rings. The van der Waals surface area contributed by atoms with Crippen LogP contribution in [-0.4, -0.2) is 32.9 Å². The largest absolute Gasteiger partial charge is 4.00 e. The fraction of sp³-hybridized carbons (Fsp3) is 0.800. The maximum absolute atomic E-state index is 6.66. The zero-order chi connectivity index (χ0) is 19.8. The third kappa shape index (κ3) is 32.9. The molecule has 0 aliphatic heterocycles. The molecule has 3 N–H and O–H groups in total. The summed E-state index contributed by atoms with van der Waals surface area (Å²) in [5, 5.41) is 0. The van der Waals surface area contributed by atoms with Crippen molar-refractivity contribution in [3.8, 4) is 0 Å². The van der Waals surface area contributed by atoms with Gasteiger partial charge in [-0.05, 0) is 0 Å². The number of allylic oxidation sites excluding steroid dienone is 4. The number of rotatable bonds is 4. The zero-order valence-electron chi connectivity index (χ0n) is 18.2. The van der Waals surface area contributed by atoms with Crippen molar-refractivity contribution in [1.29, 1.82) is 0 Å². The van der Waals surface area contributed by atoms with Crippen molar-refractivity contribution >= 4 is 13.3 Å². The molecular formula is C20H43GeN3Zr. The third-order valence-electron chi connectivity index (χ3n) is 2.73. The van der Waals surface area contributed by atoms with Gasteiger partial charge in [-0.1, -0.05) is 59.3 Å². The van der Waals surface area contributed by atoms with E-state index in [4.69, 9.17) is 17.2 Å². The van der Waals surface area contributed by atoms with Crippen LogP contribution in [-0.2, 0) is 26.2 Å². The van der Waals surface area contributed by atoms with E-state index in [9.17, 15) is 0 Å². The molecule has 0 aromatic heterocycles. The maximum atomic E-state index is 6.66. The predicted molar refractivity (Wildman–Crippen MR) is 116 cm³/mol. The first-order valence-corrected chi connectivity index (χ1v) is 16.5. The Morgan fingerprint density at radius 1 is 0.840 bits per heavy atom. The van der Waals surface area contributed by atoms with Crippen molar-refractivity contribution in [3.63, 3.8) is 0 Å². The van der Waals surface area contributed by atoms with Crippen molar-refractivity contribution in [2.24, 2.45) is 17.8 Å². The van der Waals surface area contributed by atoms with Gasteiger partial charge in [0.2, 0.25) is 0 Å². The summed E-state index contributed by atoms with van der Waals surface area (Å²) in [6.07, 6.45) is 8.89. The molecule has 1 rings (SSSR count). The fourth-order valence-corrected chi connectivity index (χ4v) is 3.54. The van der Waals surface area contributed by atoms with Gasteiger partial charge < -0.3 is 17.2 Å². The van der Waals surface area contributed by atoms with Crippen LogP contribution < -0.4 is 0 Å². The Hall–Kier alpha value is 0.786. The first-order chi connectivity index (χ1) is 10.9. The van der Waals surface area contributed by atoms with E-state index in [1.165, 1.54) is 4.41 Å². The van der Waals surface area contributed by atoms with Crippen molar-refractivity contribution in [3.05, 3.63) is 39.8 Å². The summed E-state index contributed by atoms with van der Waals surface area (Å²) in [6, 6.07) is 0. The van der Waals surface area contributed by atoms with Crippen molar-refractivity contribution in [2.45, 2.75) is 65.2 Å². The molecule has 0 bridgehead atoms. The van der Waals surface area contributed by atoms with Gasteiger partial charge in [0.1, 0.15) is 0 Å². The molecule has 0 saturated carbocycles. The molecule has 1 aliphatic carbocycles. The van der Waals surface area contributed by atoms with Gasteiger partial charge >= 0.3 is 85.8 Å². The topological polar surface area (TPSA) is 71.4 Å². The Labute approximate surface area is 181 Å². The average Bonchev–Trinajstić information content (AvgIpc) is 3.03. The Balaban J connectivity index is -0.000000122.